The smallest absolute Gasteiger partial charge is 0.131 e. The van der Waals surface area contributed by atoms with E-state index in [1.165, 1.54) is 25.3 Å². The van der Waals surface area contributed by atoms with Crippen LogP contribution in [0.3, 0.4) is 0 Å². The topological polar surface area (TPSA) is 47.3 Å². The molecule has 0 amide bonds. The highest BCUT2D eigenvalue weighted by molar-refractivity contribution is 5.38. The Hall–Kier alpha value is -1.13. The summed E-state index contributed by atoms with van der Waals surface area (Å²) in [6, 6.07) is 4.81. The van der Waals surface area contributed by atoms with Gasteiger partial charge in [0, 0.05) is 5.56 Å². The van der Waals surface area contributed by atoms with Gasteiger partial charge >= 0.3 is 0 Å². The van der Waals surface area contributed by atoms with Crippen LogP contribution in [-0.2, 0) is 0 Å². The lowest BCUT2D eigenvalue weighted by Crippen LogP contribution is -2.36. The lowest BCUT2D eigenvalue weighted by Gasteiger charge is -2.31. The molecule has 19 heavy (non-hydrogen) atoms. The molecule has 4 atom stereocenters. The van der Waals surface area contributed by atoms with Crippen LogP contribution in [0.4, 0.5) is 4.39 Å². The Kier molecular flexibility index (Phi) is 3.46. The molecule has 0 spiro atoms. The highest BCUT2D eigenvalue weighted by atomic mass is 19.1. The molecule has 104 valence electrons. The minimum atomic E-state index is -0.231. The molecule has 1 aromatic carbocycles. The number of benzene rings is 1. The van der Waals surface area contributed by atoms with Crippen LogP contribution < -0.4 is 16.0 Å². The minimum Gasteiger partial charge on any atom is -0.496 e. The van der Waals surface area contributed by atoms with E-state index in [0.717, 1.165) is 12.3 Å². The van der Waals surface area contributed by atoms with Crippen LogP contribution in [0.5, 0.6) is 5.75 Å². The first-order valence-electron chi connectivity index (χ1n) is 7.03. The summed E-state index contributed by atoms with van der Waals surface area (Å²) < 4.78 is 19.5. The average Bonchev–Trinajstić information content (AvgIpc) is 3.04. The van der Waals surface area contributed by atoms with Crippen LogP contribution in [0.2, 0.25) is 0 Å². The van der Waals surface area contributed by atoms with Gasteiger partial charge in [0.1, 0.15) is 11.6 Å². The molecule has 4 unspecified atom stereocenters. The van der Waals surface area contributed by atoms with Crippen molar-refractivity contribution in [2.24, 2.45) is 23.6 Å². The summed E-state index contributed by atoms with van der Waals surface area (Å²) in [5.41, 5.74) is 3.43. The lowest BCUT2D eigenvalue weighted by atomic mass is 9.80. The van der Waals surface area contributed by atoms with Crippen molar-refractivity contribution in [3.05, 3.63) is 29.6 Å². The van der Waals surface area contributed by atoms with Crippen molar-refractivity contribution in [2.45, 2.75) is 31.7 Å². The van der Waals surface area contributed by atoms with Gasteiger partial charge in [-0.15, -0.1) is 0 Å². The highest BCUT2D eigenvalue weighted by Gasteiger charge is 2.44. The van der Waals surface area contributed by atoms with Crippen molar-refractivity contribution >= 4 is 0 Å². The molecule has 2 fully saturated rings. The van der Waals surface area contributed by atoms with Gasteiger partial charge in [-0.2, -0.15) is 0 Å². The number of hydrogen-bond donors (Lipinski definition) is 2. The van der Waals surface area contributed by atoms with Gasteiger partial charge in [0.2, 0.25) is 0 Å². The Morgan fingerprint density at radius 2 is 2.21 bits per heavy atom. The van der Waals surface area contributed by atoms with Gasteiger partial charge in [-0.3, -0.25) is 11.3 Å². The average molecular weight is 264 g/mol. The standard InChI is InChI=1S/C15H21FN2O/c1-19-13-4-2-3-12(16)14(13)15(18-17)11-8-9-5-6-10(11)7-9/h2-4,9-11,15,18H,5-8,17H2,1H3. The maximum Gasteiger partial charge on any atom is 0.131 e. The highest BCUT2D eigenvalue weighted by Crippen LogP contribution is 2.53. The summed E-state index contributed by atoms with van der Waals surface area (Å²) in [4.78, 5) is 0. The molecule has 2 aliphatic carbocycles. The normalized spacial score (nSPS) is 30.6. The molecule has 1 aromatic rings. The fourth-order valence-corrected chi connectivity index (χ4v) is 4.12. The Bertz CT molecular complexity index is 465. The van der Waals surface area contributed by atoms with Crippen molar-refractivity contribution in [3.63, 3.8) is 0 Å². The van der Waals surface area contributed by atoms with E-state index in [2.05, 4.69) is 5.43 Å². The summed E-state index contributed by atoms with van der Waals surface area (Å²) in [7, 11) is 1.58. The maximum absolute atomic E-state index is 14.2. The zero-order valence-electron chi connectivity index (χ0n) is 11.2. The first-order valence-corrected chi connectivity index (χ1v) is 7.03. The Morgan fingerprint density at radius 3 is 2.79 bits per heavy atom. The molecule has 3 rings (SSSR count). The molecule has 3 nitrogen and oxygen atoms in total. The summed E-state index contributed by atoms with van der Waals surface area (Å²) >= 11 is 0. The van der Waals surface area contributed by atoms with E-state index in [1.807, 2.05) is 0 Å². The van der Waals surface area contributed by atoms with Gasteiger partial charge < -0.3 is 4.74 Å². The molecule has 0 aliphatic heterocycles. The fourth-order valence-electron chi connectivity index (χ4n) is 4.12. The minimum absolute atomic E-state index is 0.147. The third-order valence-corrected chi connectivity index (χ3v) is 4.94. The summed E-state index contributed by atoms with van der Waals surface area (Å²) in [5, 5.41) is 0. The van der Waals surface area contributed by atoms with Crippen LogP contribution in [0.15, 0.2) is 18.2 Å². The van der Waals surface area contributed by atoms with Gasteiger partial charge in [0.05, 0.1) is 13.2 Å². The number of fused-ring (bicyclic) bond motifs is 2. The Balaban J connectivity index is 1.94. The lowest BCUT2D eigenvalue weighted by molar-refractivity contribution is 0.242. The quantitative estimate of drug-likeness (QED) is 0.649. The van der Waals surface area contributed by atoms with E-state index in [1.54, 1.807) is 19.2 Å². The summed E-state index contributed by atoms with van der Waals surface area (Å²) in [5.74, 6) is 8.00. The van der Waals surface area contributed by atoms with Gasteiger partial charge in [0.15, 0.2) is 0 Å². The number of nitrogens with two attached hydrogens (primary N) is 1. The molecule has 2 saturated carbocycles. The number of nitrogens with one attached hydrogen (secondary N) is 1. The fraction of sp³-hybridized carbons (Fsp3) is 0.600. The zero-order chi connectivity index (χ0) is 13.4. The van der Waals surface area contributed by atoms with Gasteiger partial charge in [-0.25, -0.2) is 4.39 Å². The molecule has 2 aliphatic rings. The van der Waals surface area contributed by atoms with E-state index in [0.29, 0.717) is 23.1 Å². The molecule has 0 heterocycles. The van der Waals surface area contributed by atoms with E-state index < -0.39 is 0 Å². The number of methoxy groups -OCH3 is 1. The number of hydrazine groups is 1. The van der Waals surface area contributed by atoms with Crippen molar-refractivity contribution in [3.8, 4) is 5.75 Å². The first kappa shape index (κ1) is 12.9. The van der Waals surface area contributed by atoms with Crippen LogP contribution in [-0.4, -0.2) is 7.11 Å². The number of ether oxygens (including phenoxy) is 1. The van der Waals surface area contributed by atoms with Gasteiger partial charge in [-0.1, -0.05) is 12.5 Å². The molecule has 2 bridgehead atoms. The van der Waals surface area contributed by atoms with Crippen molar-refractivity contribution in [1.82, 2.24) is 5.43 Å². The third kappa shape index (κ3) is 2.13. The SMILES string of the molecule is COc1cccc(F)c1C(NN)C1CC2CCC1C2. The van der Waals surface area contributed by atoms with Crippen LogP contribution in [0.25, 0.3) is 0 Å². The zero-order valence-corrected chi connectivity index (χ0v) is 11.2. The van der Waals surface area contributed by atoms with Gasteiger partial charge in [-0.05, 0) is 49.1 Å². The summed E-state index contributed by atoms with van der Waals surface area (Å²) in [6.07, 6.45) is 5.01. The van der Waals surface area contributed by atoms with Crippen LogP contribution in [0.1, 0.15) is 37.3 Å². The second-order valence-corrected chi connectivity index (χ2v) is 5.84. The second kappa shape index (κ2) is 5.10. The predicted octanol–water partition coefficient (Wildman–Crippen LogP) is 2.77. The molecular weight excluding hydrogens is 243 g/mol. The van der Waals surface area contributed by atoms with Crippen molar-refractivity contribution < 1.29 is 9.13 Å². The maximum atomic E-state index is 14.2. The molecule has 4 heteroatoms. The molecule has 0 aromatic heterocycles. The number of hydrogen-bond acceptors (Lipinski definition) is 3. The predicted molar refractivity (Wildman–Crippen MR) is 72.0 cm³/mol. The van der Waals surface area contributed by atoms with Crippen LogP contribution in [0, 0.1) is 23.6 Å². The monoisotopic (exact) mass is 264 g/mol. The van der Waals surface area contributed by atoms with E-state index in [4.69, 9.17) is 10.6 Å². The Labute approximate surface area is 113 Å². The largest absolute Gasteiger partial charge is 0.496 e. The van der Waals surface area contributed by atoms with Crippen molar-refractivity contribution in [1.29, 1.82) is 0 Å². The molecule has 3 N–H and O–H groups in total. The third-order valence-electron chi connectivity index (χ3n) is 4.94. The molecular formula is C15H21FN2O. The molecule has 0 radical (unpaired) electrons. The van der Waals surface area contributed by atoms with Crippen molar-refractivity contribution in [2.75, 3.05) is 7.11 Å². The van der Waals surface area contributed by atoms with E-state index in [9.17, 15) is 4.39 Å². The van der Waals surface area contributed by atoms with E-state index in [-0.39, 0.29) is 11.9 Å². The first-order chi connectivity index (χ1) is 9.24. The summed E-state index contributed by atoms with van der Waals surface area (Å²) in [6.45, 7) is 0. The number of rotatable bonds is 4. The number of halogens is 1. The van der Waals surface area contributed by atoms with Crippen LogP contribution >= 0.6 is 0 Å². The van der Waals surface area contributed by atoms with E-state index >= 15 is 0 Å². The van der Waals surface area contributed by atoms with Gasteiger partial charge in [0.25, 0.3) is 0 Å². The second-order valence-electron chi connectivity index (χ2n) is 5.84. The molecule has 0 saturated heterocycles. The Morgan fingerprint density at radius 1 is 1.37 bits per heavy atom.